The number of halogens is 1. The van der Waals surface area contributed by atoms with Crippen LogP contribution < -0.4 is 15.5 Å². The molecule has 0 aliphatic rings. The van der Waals surface area contributed by atoms with Crippen molar-refractivity contribution in [3.05, 3.63) is 75.9 Å². The van der Waals surface area contributed by atoms with Crippen LogP contribution in [0.25, 0.3) is 11.0 Å². The Morgan fingerprint density at radius 1 is 1.21 bits per heavy atom. The number of carbonyl (C=O) groups excluding carboxylic acids is 1. The third-order valence-corrected chi connectivity index (χ3v) is 3.50. The molecule has 0 saturated carbocycles. The second-order valence-corrected chi connectivity index (χ2v) is 5.15. The monoisotopic (exact) mass is 327 g/mol. The van der Waals surface area contributed by atoms with Crippen LogP contribution in [-0.4, -0.2) is 13.0 Å². The number of hydrogen-bond donors (Lipinski definition) is 1. The number of nitrogens with one attached hydrogen (secondary N) is 1. The molecule has 0 unspecified atom stereocenters. The number of benzene rings is 2. The lowest BCUT2D eigenvalue weighted by Crippen LogP contribution is -2.24. The summed E-state index contributed by atoms with van der Waals surface area (Å²) in [5, 5.41) is 2.95. The summed E-state index contributed by atoms with van der Waals surface area (Å²) in [7, 11) is 1.49. The van der Waals surface area contributed by atoms with Gasteiger partial charge in [-0.15, -0.1) is 0 Å². The standard InChI is InChI=1S/C18H14FNO4/c1-23-13-5-6-14-15(21)9-17(24-16(14)8-13)18(22)20-10-11-3-2-4-12(19)7-11/h2-9H,10H2,1H3,(H,20,22). The van der Waals surface area contributed by atoms with Crippen molar-refractivity contribution in [2.75, 3.05) is 7.11 Å². The van der Waals surface area contributed by atoms with Gasteiger partial charge >= 0.3 is 0 Å². The van der Waals surface area contributed by atoms with Crippen molar-refractivity contribution >= 4 is 16.9 Å². The van der Waals surface area contributed by atoms with Gasteiger partial charge in [0.25, 0.3) is 5.91 Å². The fourth-order valence-electron chi connectivity index (χ4n) is 2.29. The van der Waals surface area contributed by atoms with Gasteiger partial charge in [0.15, 0.2) is 11.2 Å². The molecule has 6 heteroatoms. The molecule has 3 aromatic rings. The van der Waals surface area contributed by atoms with Crippen LogP contribution in [0.4, 0.5) is 4.39 Å². The summed E-state index contributed by atoms with van der Waals surface area (Å²) in [6.07, 6.45) is 0. The summed E-state index contributed by atoms with van der Waals surface area (Å²) in [5.74, 6) is -0.535. The summed E-state index contributed by atoms with van der Waals surface area (Å²) in [6.45, 7) is 0.121. The molecule has 1 heterocycles. The lowest BCUT2D eigenvalue weighted by atomic mass is 10.2. The molecule has 0 fully saturated rings. The Morgan fingerprint density at radius 3 is 2.79 bits per heavy atom. The number of rotatable bonds is 4. The van der Waals surface area contributed by atoms with Crippen LogP contribution >= 0.6 is 0 Å². The number of ether oxygens (including phenoxy) is 1. The topological polar surface area (TPSA) is 68.5 Å². The van der Waals surface area contributed by atoms with Crippen LogP contribution in [0.2, 0.25) is 0 Å². The molecule has 24 heavy (non-hydrogen) atoms. The average Bonchev–Trinajstić information content (AvgIpc) is 2.59. The van der Waals surface area contributed by atoms with E-state index in [0.717, 1.165) is 6.07 Å². The van der Waals surface area contributed by atoms with Crippen molar-refractivity contribution in [1.82, 2.24) is 5.32 Å². The Bertz CT molecular complexity index is 965. The quantitative estimate of drug-likeness (QED) is 0.800. The Kier molecular flexibility index (Phi) is 4.29. The van der Waals surface area contributed by atoms with E-state index in [1.165, 1.54) is 19.2 Å². The molecule has 5 nitrogen and oxygen atoms in total. The van der Waals surface area contributed by atoms with Crippen molar-refractivity contribution < 1.29 is 18.3 Å². The van der Waals surface area contributed by atoms with Gasteiger partial charge in [-0.3, -0.25) is 9.59 Å². The van der Waals surface area contributed by atoms with Crippen molar-refractivity contribution in [2.24, 2.45) is 0 Å². The molecule has 1 aromatic heterocycles. The number of amides is 1. The molecule has 1 amide bonds. The van der Waals surface area contributed by atoms with E-state index in [1.807, 2.05) is 0 Å². The van der Waals surface area contributed by atoms with Gasteiger partial charge in [-0.05, 0) is 29.8 Å². The molecule has 0 aliphatic carbocycles. The fraction of sp³-hybridized carbons (Fsp3) is 0.111. The molecule has 122 valence electrons. The van der Waals surface area contributed by atoms with Crippen LogP contribution in [0.1, 0.15) is 16.1 Å². The summed E-state index contributed by atoms with van der Waals surface area (Å²) in [6, 6.07) is 11.8. The molecule has 3 rings (SSSR count). The zero-order valence-electron chi connectivity index (χ0n) is 12.8. The molecule has 0 radical (unpaired) electrons. The highest BCUT2D eigenvalue weighted by Crippen LogP contribution is 2.19. The predicted octanol–water partition coefficient (Wildman–Crippen LogP) is 2.87. The highest BCUT2D eigenvalue weighted by atomic mass is 19.1. The van der Waals surface area contributed by atoms with E-state index in [-0.39, 0.29) is 29.1 Å². The normalized spacial score (nSPS) is 10.6. The maximum absolute atomic E-state index is 13.1. The second-order valence-electron chi connectivity index (χ2n) is 5.15. The van der Waals surface area contributed by atoms with Crippen molar-refractivity contribution in [3.63, 3.8) is 0 Å². The van der Waals surface area contributed by atoms with E-state index in [2.05, 4.69) is 5.32 Å². The Balaban J connectivity index is 1.85. The highest BCUT2D eigenvalue weighted by Gasteiger charge is 2.13. The van der Waals surface area contributed by atoms with E-state index < -0.39 is 5.91 Å². The van der Waals surface area contributed by atoms with Gasteiger partial charge in [-0.2, -0.15) is 0 Å². The molecule has 0 saturated heterocycles. The molecular formula is C18H14FNO4. The molecule has 0 spiro atoms. The summed E-state index contributed by atoms with van der Waals surface area (Å²) in [4.78, 5) is 24.3. The lowest BCUT2D eigenvalue weighted by molar-refractivity contribution is 0.0923. The van der Waals surface area contributed by atoms with Crippen LogP contribution in [0.3, 0.4) is 0 Å². The van der Waals surface area contributed by atoms with Gasteiger partial charge in [0.1, 0.15) is 17.1 Å². The largest absolute Gasteiger partial charge is 0.497 e. The van der Waals surface area contributed by atoms with Gasteiger partial charge in [-0.1, -0.05) is 12.1 Å². The Labute approximate surface area is 136 Å². The van der Waals surface area contributed by atoms with Crippen molar-refractivity contribution in [3.8, 4) is 5.75 Å². The fourth-order valence-corrected chi connectivity index (χ4v) is 2.29. The maximum atomic E-state index is 13.1. The third-order valence-electron chi connectivity index (χ3n) is 3.50. The molecule has 0 bridgehead atoms. The van der Waals surface area contributed by atoms with Crippen molar-refractivity contribution in [1.29, 1.82) is 0 Å². The van der Waals surface area contributed by atoms with E-state index in [0.29, 0.717) is 16.7 Å². The number of carbonyl (C=O) groups is 1. The number of fused-ring (bicyclic) bond motifs is 1. The molecule has 0 aliphatic heterocycles. The third kappa shape index (κ3) is 3.27. The van der Waals surface area contributed by atoms with Gasteiger partial charge in [-0.25, -0.2) is 4.39 Å². The lowest BCUT2D eigenvalue weighted by Gasteiger charge is -2.06. The Hall–Kier alpha value is -3.15. The minimum Gasteiger partial charge on any atom is -0.497 e. The van der Waals surface area contributed by atoms with Crippen LogP contribution in [0.15, 0.2) is 57.7 Å². The minimum atomic E-state index is -0.555. The van der Waals surface area contributed by atoms with Crippen LogP contribution in [0.5, 0.6) is 5.75 Å². The van der Waals surface area contributed by atoms with Gasteiger partial charge in [0.2, 0.25) is 0 Å². The maximum Gasteiger partial charge on any atom is 0.287 e. The van der Waals surface area contributed by atoms with E-state index in [9.17, 15) is 14.0 Å². The molecular weight excluding hydrogens is 313 g/mol. The van der Waals surface area contributed by atoms with E-state index >= 15 is 0 Å². The smallest absolute Gasteiger partial charge is 0.287 e. The minimum absolute atomic E-state index is 0.114. The predicted molar refractivity (Wildman–Crippen MR) is 86.6 cm³/mol. The molecule has 0 atom stereocenters. The average molecular weight is 327 g/mol. The van der Waals surface area contributed by atoms with E-state index in [1.54, 1.807) is 30.3 Å². The first-order chi connectivity index (χ1) is 11.6. The van der Waals surface area contributed by atoms with Gasteiger partial charge in [0, 0.05) is 18.7 Å². The first kappa shape index (κ1) is 15.7. The first-order valence-corrected chi connectivity index (χ1v) is 7.21. The molecule has 2 aromatic carbocycles. The zero-order valence-corrected chi connectivity index (χ0v) is 12.8. The van der Waals surface area contributed by atoms with Crippen molar-refractivity contribution in [2.45, 2.75) is 6.54 Å². The summed E-state index contributed by atoms with van der Waals surface area (Å²) >= 11 is 0. The van der Waals surface area contributed by atoms with Gasteiger partial charge in [0.05, 0.1) is 12.5 Å². The highest BCUT2D eigenvalue weighted by molar-refractivity contribution is 5.93. The van der Waals surface area contributed by atoms with Gasteiger partial charge < -0.3 is 14.5 Å². The summed E-state index contributed by atoms with van der Waals surface area (Å²) in [5.41, 5.74) is 0.542. The second kappa shape index (κ2) is 6.54. The van der Waals surface area contributed by atoms with E-state index in [4.69, 9.17) is 9.15 Å². The number of methoxy groups -OCH3 is 1. The number of hydrogen-bond acceptors (Lipinski definition) is 4. The van der Waals surface area contributed by atoms with Crippen LogP contribution in [-0.2, 0) is 6.54 Å². The summed E-state index contributed by atoms with van der Waals surface area (Å²) < 4.78 is 23.7. The SMILES string of the molecule is COc1ccc2c(=O)cc(C(=O)NCc3cccc(F)c3)oc2c1. The first-order valence-electron chi connectivity index (χ1n) is 7.21. The zero-order chi connectivity index (χ0) is 17.1. The Morgan fingerprint density at radius 2 is 2.04 bits per heavy atom. The van der Waals surface area contributed by atoms with Crippen LogP contribution in [0, 0.1) is 5.82 Å². The molecule has 1 N–H and O–H groups in total.